The summed E-state index contributed by atoms with van der Waals surface area (Å²) in [4.78, 5) is 3.85. The first-order valence-corrected chi connectivity index (χ1v) is 3.30. The van der Waals surface area contributed by atoms with Crippen LogP contribution in [0.2, 0.25) is 0 Å². The van der Waals surface area contributed by atoms with Gasteiger partial charge in [0, 0.05) is 32.0 Å². The van der Waals surface area contributed by atoms with Gasteiger partial charge in [-0.15, -0.1) is 0 Å². The third kappa shape index (κ3) is 1.52. The van der Waals surface area contributed by atoms with Crippen LogP contribution in [0.4, 0.5) is 5.69 Å². The largest absolute Gasteiger partial charge is 0.427 e. The molecule has 60 valence electrons. The molecule has 0 aromatic carbocycles. The van der Waals surface area contributed by atoms with Crippen LogP contribution in [-0.4, -0.2) is 24.0 Å². The molecule has 4 nitrogen and oxygen atoms in total. The first-order valence-electron chi connectivity index (χ1n) is 3.30. The number of nitrogens with zero attached hydrogens (tertiary/aromatic N) is 2. The van der Waals surface area contributed by atoms with Crippen molar-refractivity contribution in [2.24, 2.45) is 4.99 Å². The Bertz CT molecular complexity index is 303. The summed E-state index contributed by atoms with van der Waals surface area (Å²) >= 11 is 0. The van der Waals surface area contributed by atoms with Crippen LogP contribution >= 0.6 is 0 Å². The van der Waals surface area contributed by atoms with Crippen LogP contribution in [0.1, 0.15) is 0 Å². The summed E-state index contributed by atoms with van der Waals surface area (Å²) in [6.07, 6.45) is 1.54. The van der Waals surface area contributed by atoms with Crippen molar-refractivity contribution in [3.63, 3.8) is 0 Å². The van der Waals surface area contributed by atoms with E-state index in [4.69, 9.17) is 5.21 Å². The minimum absolute atomic E-state index is 0.525. The van der Waals surface area contributed by atoms with Crippen LogP contribution in [0.5, 0.6) is 0 Å². The standard InChI is InChI=1S/C7H11N3O/c1-8-6-3-4-10(11)7(5-6)9-2/h3-5,8,11H,1-2H3. The molecule has 0 aliphatic carbocycles. The molecule has 0 aliphatic heterocycles. The summed E-state index contributed by atoms with van der Waals surface area (Å²) in [5, 5.41) is 12.1. The number of pyridine rings is 1. The van der Waals surface area contributed by atoms with E-state index in [1.807, 2.05) is 7.05 Å². The van der Waals surface area contributed by atoms with Gasteiger partial charge in [0.1, 0.15) is 0 Å². The quantitative estimate of drug-likeness (QED) is 0.570. The van der Waals surface area contributed by atoms with Crippen molar-refractivity contribution in [1.29, 1.82) is 0 Å². The van der Waals surface area contributed by atoms with Crippen molar-refractivity contribution in [2.45, 2.75) is 0 Å². The number of aromatic nitrogens is 1. The van der Waals surface area contributed by atoms with E-state index in [9.17, 15) is 0 Å². The Balaban J connectivity index is 3.24. The van der Waals surface area contributed by atoms with E-state index < -0.39 is 0 Å². The molecular formula is C7H11N3O. The molecule has 0 spiro atoms. The molecule has 1 heterocycles. The van der Waals surface area contributed by atoms with Gasteiger partial charge < -0.3 is 10.5 Å². The van der Waals surface area contributed by atoms with Crippen LogP contribution < -0.4 is 10.8 Å². The number of anilines is 1. The number of nitrogens with one attached hydrogen (secondary N) is 1. The number of hydrogen-bond donors (Lipinski definition) is 2. The van der Waals surface area contributed by atoms with E-state index in [-0.39, 0.29) is 0 Å². The molecule has 2 N–H and O–H groups in total. The van der Waals surface area contributed by atoms with Crippen molar-refractivity contribution in [1.82, 2.24) is 4.73 Å². The van der Waals surface area contributed by atoms with Crippen molar-refractivity contribution in [2.75, 3.05) is 19.4 Å². The first kappa shape index (κ1) is 7.65. The molecule has 0 amide bonds. The molecule has 0 atom stereocenters. The summed E-state index contributed by atoms with van der Waals surface area (Å²) in [6.45, 7) is 0. The molecule has 1 aromatic heterocycles. The topological polar surface area (TPSA) is 49.5 Å². The lowest BCUT2D eigenvalue weighted by molar-refractivity contribution is 0.172. The van der Waals surface area contributed by atoms with Gasteiger partial charge in [0.25, 0.3) is 0 Å². The zero-order chi connectivity index (χ0) is 8.27. The molecule has 0 radical (unpaired) electrons. The Kier molecular flexibility index (Phi) is 2.15. The Labute approximate surface area is 64.8 Å². The molecule has 1 rings (SSSR count). The molecular weight excluding hydrogens is 142 g/mol. The summed E-state index contributed by atoms with van der Waals surface area (Å²) in [5.74, 6) is 0. The highest BCUT2D eigenvalue weighted by Crippen LogP contribution is 1.97. The lowest BCUT2D eigenvalue weighted by Crippen LogP contribution is -2.17. The van der Waals surface area contributed by atoms with E-state index in [0.29, 0.717) is 5.49 Å². The normalized spacial score (nSPS) is 11.6. The van der Waals surface area contributed by atoms with E-state index in [0.717, 1.165) is 10.4 Å². The van der Waals surface area contributed by atoms with Gasteiger partial charge in [-0.05, 0) is 6.07 Å². The molecule has 0 aliphatic rings. The van der Waals surface area contributed by atoms with Gasteiger partial charge in [-0.3, -0.25) is 4.99 Å². The zero-order valence-electron chi connectivity index (χ0n) is 6.57. The number of hydrogen-bond acceptors (Lipinski definition) is 3. The van der Waals surface area contributed by atoms with Gasteiger partial charge in [-0.25, -0.2) is 0 Å². The van der Waals surface area contributed by atoms with Crippen LogP contribution in [0.15, 0.2) is 23.3 Å². The van der Waals surface area contributed by atoms with Crippen LogP contribution in [0.3, 0.4) is 0 Å². The first-order chi connectivity index (χ1) is 5.27. The summed E-state index contributed by atoms with van der Waals surface area (Å²) in [6, 6.07) is 3.51. The molecule has 1 aromatic rings. The second-order valence-corrected chi connectivity index (χ2v) is 2.09. The van der Waals surface area contributed by atoms with Crippen molar-refractivity contribution in [3.8, 4) is 0 Å². The number of rotatable bonds is 1. The highest BCUT2D eigenvalue weighted by atomic mass is 16.5. The smallest absolute Gasteiger partial charge is 0.165 e. The van der Waals surface area contributed by atoms with E-state index >= 15 is 0 Å². The predicted molar refractivity (Wildman–Crippen MR) is 42.7 cm³/mol. The average molecular weight is 153 g/mol. The molecule has 0 bridgehead atoms. The molecule has 0 saturated heterocycles. The van der Waals surface area contributed by atoms with E-state index in [1.54, 1.807) is 19.2 Å². The zero-order valence-corrected chi connectivity index (χ0v) is 6.57. The Morgan fingerprint density at radius 1 is 1.64 bits per heavy atom. The maximum absolute atomic E-state index is 9.13. The van der Waals surface area contributed by atoms with Crippen LogP contribution in [0.25, 0.3) is 0 Å². The fraction of sp³-hybridized carbons (Fsp3) is 0.286. The molecule has 0 unspecified atom stereocenters. The Hall–Kier alpha value is -1.45. The van der Waals surface area contributed by atoms with Crippen molar-refractivity contribution in [3.05, 3.63) is 23.8 Å². The predicted octanol–water partition coefficient (Wildman–Crippen LogP) is 0.298. The third-order valence-electron chi connectivity index (χ3n) is 1.43. The van der Waals surface area contributed by atoms with Gasteiger partial charge in [0.2, 0.25) is 0 Å². The van der Waals surface area contributed by atoms with Crippen molar-refractivity contribution >= 4 is 5.69 Å². The second kappa shape index (κ2) is 3.09. The van der Waals surface area contributed by atoms with Gasteiger partial charge in [0.05, 0.1) is 0 Å². The third-order valence-corrected chi connectivity index (χ3v) is 1.43. The fourth-order valence-corrected chi connectivity index (χ4v) is 0.803. The van der Waals surface area contributed by atoms with Crippen LogP contribution in [-0.2, 0) is 0 Å². The molecule has 0 saturated carbocycles. The lowest BCUT2D eigenvalue weighted by Gasteiger charge is -2.01. The maximum atomic E-state index is 9.13. The fourth-order valence-electron chi connectivity index (χ4n) is 0.803. The van der Waals surface area contributed by atoms with Crippen LogP contribution in [0, 0.1) is 0 Å². The highest BCUT2D eigenvalue weighted by Gasteiger charge is 1.90. The minimum Gasteiger partial charge on any atom is -0.427 e. The van der Waals surface area contributed by atoms with Gasteiger partial charge in [-0.1, -0.05) is 0 Å². The molecule has 0 fully saturated rings. The SMILES string of the molecule is CN=c1cc(NC)ccn1O. The minimum atomic E-state index is 0.525. The van der Waals surface area contributed by atoms with Gasteiger partial charge in [0.15, 0.2) is 5.49 Å². The maximum Gasteiger partial charge on any atom is 0.165 e. The summed E-state index contributed by atoms with van der Waals surface area (Å²) < 4.78 is 0.973. The monoisotopic (exact) mass is 153 g/mol. The Morgan fingerprint density at radius 2 is 2.36 bits per heavy atom. The highest BCUT2D eigenvalue weighted by molar-refractivity contribution is 5.39. The van der Waals surface area contributed by atoms with Gasteiger partial charge in [-0.2, -0.15) is 4.73 Å². The van der Waals surface area contributed by atoms with Gasteiger partial charge >= 0.3 is 0 Å². The average Bonchev–Trinajstić information content (AvgIpc) is 2.05. The van der Waals surface area contributed by atoms with E-state index in [1.165, 1.54) is 6.20 Å². The molecule has 11 heavy (non-hydrogen) atoms. The van der Waals surface area contributed by atoms with Crippen molar-refractivity contribution < 1.29 is 5.21 Å². The van der Waals surface area contributed by atoms with E-state index in [2.05, 4.69) is 10.3 Å². The molecule has 4 heteroatoms. The lowest BCUT2D eigenvalue weighted by atomic mass is 10.4. The summed E-state index contributed by atoms with van der Waals surface area (Å²) in [7, 11) is 3.44. The summed E-state index contributed by atoms with van der Waals surface area (Å²) in [5.41, 5.74) is 1.45. The second-order valence-electron chi connectivity index (χ2n) is 2.09. The Morgan fingerprint density at radius 3 is 2.91 bits per heavy atom.